The van der Waals surface area contributed by atoms with E-state index in [0.717, 1.165) is 22.5 Å². The summed E-state index contributed by atoms with van der Waals surface area (Å²) in [6, 6.07) is 21.1. The fourth-order valence-corrected chi connectivity index (χ4v) is 3.50. The number of nitro groups is 1. The van der Waals surface area contributed by atoms with Gasteiger partial charge in [0.05, 0.1) is 11.4 Å². The van der Waals surface area contributed by atoms with Crippen molar-refractivity contribution in [2.24, 2.45) is 0 Å². The molecule has 0 fully saturated rings. The van der Waals surface area contributed by atoms with Crippen LogP contribution in [0, 0.1) is 10.1 Å². The Morgan fingerprint density at radius 2 is 1.69 bits per heavy atom. The fraction of sp³-hybridized carbons (Fsp3) is 0.0870. The van der Waals surface area contributed by atoms with Crippen LogP contribution in [0.3, 0.4) is 0 Å². The first kappa shape index (κ1) is 21.7. The minimum absolute atomic E-state index is 0.0795. The van der Waals surface area contributed by atoms with Crippen LogP contribution in [-0.4, -0.2) is 45.2 Å². The zero-order chi connectivity index (χ0) is 24.2. The second-order valence-electron chi connectivity index (χ2n) is 7.55. The van der Waals surface area contributed by atoms with Crippen molar-refractivity contribution in [2.45, 2.75) is 13.2 Å². The van der Waals surface area contributed by atoms with Gasteiger partial charge in [0.1, 0.15) is 5.69 Å². The molecule has 0 aliphatic rings. The molecule has 0 spiro atoms. The van der Waals surface area contributed by atoms with Crippen LogP contribution in [0.1, 0.15) is 16.1 Å². The van der Waals surface area contributed by atoms with Crippen LogP contribution in [-0.2, 0) is 13.2 Å². The molecule has 3 aromatic heterocycles. The Morgan fingerprint density at radius 3 is 2.40 bits per heavy atom. The summed E-state index contributed by atoms with van der Waals surface area (Å²) in [4.78, 5) is 26.4. The van der Waals surface area contributed by atoms with Crippen LogP contribution in [0.15, 0.2) is 85.5 Å². The number of amides is 1. The quantitative estimate of drug-likeness (QED) is 0.272. The van der Waals surface area contributed by atoms with Crippen molar-refractivity contribution in [3.8, 4) is 16.9 Å². The number of rotatable bonds is 8. The minimum Gasteiger partial charge on any atom is -0.390 e. The van der Waals surface area contributed by atoms with Gasteiger partial charge in [0.25, 0.3) is 5.91 Å². The predicted octanol–water partition coefficient (Wildman–Crippen LogP) is 2.67. The van der Waals surface area contributed by atoms with E-state index >= 15 is 0 Å². The molecule has 12 heteroatoms. The molecule has 0 saturated heterocycles. The first-order valence-electron chi connectivity index (χ1n) is 10.6. The van der Waals surface area contributed by atoms with E-state index in [-0.39, 0.29) is 24.8 Å². The van der Waals surface area contributed by atoms with E-state index in [9.17, 15) is 14.9 Å². The maximum absolute atomic E-state index is 12.8. The third-order valence-electron chi connectivity index (χ3n) is 5.15. The molecule has 12 nitrogen and oxygen atoms in total. The number of benzene rings is 2. The zero-order valence-electron chi connectivity index (χ0n) is 18.3. The van der Waals surface area contributed by atoms with E-state index in [4.69, 9.17) is 5.10 Å². The molecular weight excluding hydrogens is 450 g/mol. The van der Waals surface area contributed by atoms with Crippen molar-refractivity contribution in [1.82, 2.24) is 39.6 Å². The molecule has 2 aromatic carbocycles. The van der Waals surface area contributed by atoms with E-state index in [2.05, 4.69) is 20.5 Å². The number of para-hydroxylation sites is 1. The van der Waals surface area contributed by atoms with Crippen molar-refractivity contribution in [2.75, 3.05) is 0 Å². The third-order valence-corrected chi connectivity index (χ3v) is 5.15. The van der Waals surface area contributed by atoms with Gasteiger partial charge in [-0.3, -0.25) is 4.79 Å². The molecule has 3 heterocycles. The lowest BCUT2D eigenvalue weighted by Crippen LogP contribution is -2.23. The third kappa shape index (κ3) is 4.80. The molecule has 0 radical (unpaired) electrons. The average Bonchev–Trinajstić information content (AvgIpc) is 3.64. The molecule has 1 N–H and O–H groups in total. The van der Waals surface area contributed by atoms with Gasteiger partial charge in [-0.05, 0) is 23.1 Å². The SMILES string of the molecule is O=C(NCc1cn(-c2ccccc2)nc1-c1ccccc1)c1ccn(Cn2cnc([N+](=O)[O-])n2)n1. The van der Waals surface area contributed by atoms with E-state index in [1.165, 1.54) is 15.7 Å². The van der Waals surface area contributed by atoms with E-state index in [1.54, 1.807) is 16.9 Å². The van der Waals surface area contributed by atoms with Crippen molar-refractivity contribution < 1.29 is 9.72 Å². The molecule has 0 unspecified atom stereocenters. The maximum Gasteiger partial charge on any atom is 0.491 e. The summed E-state index contributed by atoms with van der Waals surface area (Å²) in [5, 5.41) is 26.3. The number of carbonyl (C=O) groups is 1. The maximum atomic E-state index is 12.8. The highest BCUT2D eigenvalue weighted by molar-refractivity contribution is 5.92. The lowest BCUT2D eigenvalue weighted by molar-refractivity contribution is -0.394. The molecular formula is C23H19N9O3. The number of nitrogens with zero attached hydrogens (tertiary/aromatic N) is 8. The van der Waals surface area contributed by atoms with Gasteiger partial charge in [0.15, 0.2) is 6.67 Å². The van der Waals surface area contributed by atoms with Crippen LogP contribution >= 0.6 is 0 Å². The van der Waals surface area contributed by atoms with Gasteiger partial charge >= 0.3 is 5.95 Å². The Labute approximate surface area is 198 Å². The first-order valence-corrected chi connectivity index (χ1v) is 10.6. The highest BCUT2D eigenvalue weighted by Crippen LogP contribution is 2.23. The van der Waals surface area contributed by atoms with E-state index in [0.29, 0.717) is 0 Å². The monoisotopic (exact) mass is 469 g/mol. The normalized spacial score (nSPS) is 10.9. The molecule has 0 bridgehead atoms. The largest absolute Gasteiger partial charge is 0.491 e. The van der Waals surface area contributed by atoms with Gasteiger partial charge in [-0.1, -0.05) is 53.5 Å². The number of hydrogen-bond donors (Lipinski definition) is 1. The van der Waals surface area contributed by atoms with Crippen LogP contribution in [0.5, 0.6) is 0 Å². The van der Waals surface area contributed by atoms with Crippen molar-refractivity contribution >= 4 is 11.9 Å². The lowest BCUT2D eigenvalue weighted by Gasteiger charge is -2.04. The molecule has 5 aromatic rings. The number of nitrogens with one attached hydrogen (secondary N) is 1. The van der Waals surface area contributed by atoms with Gasteiger partial charge in [-0.15, -0.1) is 0 Å². The molecule has 0 saturated carbocycles. The zero-order valence-corrected chi connectivity index (χ0v) is 18.3. The highest BCUT2D eigenvalue weighted by Gasteiger charge is 2.17. The predicted molar refractivity (Wildman–Crippen MR) is 124 cm³/mol. The summed E-state index contributed by atoms with van der Waals surface area (Å²) < 4.78 is 4.49. The topological polar surface area (TPSA) is 139 Å². The standard InChI is InChI=1S/C23H19N9O3/c33-22(20-11-12-29(26-20)16-30-15-25-23(28-30)32(34)35)24-13-18-14-31(19-9-5-2-6-10-19)27-21(18)17-7-3-1-4-8-17/h1-12,14-15H,13,16H2,(H,24,33). The van der Waals surface area contributed by atoms with Crippen molar-refractivity contribution in [1.29, 1.82) is 0 Å². The summed E-state index contributed by atoms with van der Waals surface area (Å²) in [6.07, 6.45) is 4.72. The summed E-state index contributed by atoms with van der Waals surface area (Å²) in [7, 11) is 0. The smallest absolute Gasteiger partial charge is 0.390 e. The highest BCUT2D eigenvalue weighted by atomic mass is 16.6. The van der Waals surface area contributed by atoms with Gasteiger partial charge in [-0.2, -0.15) is 14.9 Å². The Hall–Kier alpha value is -5.13. The number of hydrogen-bond acceptors (Lipinski definition) is 7. The van der Waals surface area contributed by atoms with Gasteiger partial charge in [0, 0.05) is 35.2 Å². The minimum atomic E-state index is -0.678. The summed E-state index contributed by atoms with van der Waals surface area (Å²) in [5.41, 5.74) is 3.68. The fourth-order valence-electron chi connectivity index (χ4n) is 3.50. The average molecular weight is 469 g/mol. The second kappa shape index (κ2) is 9.39. The van der Waals surface area contributed by atoms with Gasteiger partial charge in [-0.25, -0.2) is 9.36 Å². The summed E-state index contributed by atoms with van der Waals surface area (Å²) >= 11 is 0. The molecule has 0 aliphatic heterocycles. The molecule has 1 amide bonds. The van der Waals surface area contributed by atoms with Crippen LogP contribution in [0.2, 0.25) is 0 Å². The van der Waals surface area contributed by atoms with Gasteiger partial charge in [0.2, 0.25) is 6.33 Å². The van der Waals surface area contributed by atoms with E-state index in [1.807, 2.05) is 66.9 Å². The first-order chi connectivity index (χ1) is 17.1. The molecule has 5 rings (SSSR count). The Kier molecular flexibility index (Phi) is 5.82. The Morgan fingerprint density at radius 1 is 0.943 bits per heavy atom. The van der Waals surface area contributed by atoms with Crippen molar-refractivity contribution in [3.63, 3.8) is 0 Å². The van der Waals surface area contributed by atoms with Crippen molar-refractivity contribution in [3.05, 3.63) is 107 Å². The Bertz CT molecular complexity index is 1470. The number of carbonyl (C=O) groups excluding carboxylic acids is 1. The molecule has 0 aliphatic carbocycles. The lowest BCUT2D eigenvalue weighted by atomic mass is 10.1. The van der Waals surface area contributed by atoms with Crippen LogP contribution < -0.4 is 5.32 Å². The molecule has 0 atom stereocenters. The van der Waals surface area contributed by atoms with Crippen LogP contribution in [0.4, 0.5) is 5.95 Å². The molecule has 174 valence electrons. The number of aromatic nitrogens is 7. The summed E-state index contributed by atoms with van der Waals surface area (Å²) in [6.45, 7) is 0.328. The van der Waals surface area contributed by atoms with E-state index < -0.39 is 10.9 Å². The second-order valence-corrected chi connectivity index (χ2v) is 7.55. The summed E-state index contributed by atoms with van der Waals surface area (Å²) in [5.74, 6) is -0.861. The molecule has 35 heavy (non-hydrogen) atoms. The Balaban J connectivity index is 1.31. The van der Waals surface area contributed by atoms with Crippen LogP contribution in [0.25, 0.3) is 16.9 Å². The van der Waals surface area contributed by atoms with Gasteiger partial charge < -0.3 is 15.4 Å².